The summed E-state index contributed by atoms with van der Waals surface area (Å²) in [5.41, 5.74) is -0.428. The zero-order valence-electron chi connectivity index (χ0n) is 15.6. The SMILES string of the molecule is CCN(CCNC(=O)OC(C)(C)C)c1nc(C)nc2c(F)c(Cl)ncc12. The van der Waals surface area contributed by atoms with Gasteiger partial charge >= 0.3 is 6.09 Å². The molecular formula is C17H23ClFN5O2. The van der Waals surface area contributed by atoms with Gasteiger partial charge in [0, 0.05) is 25.8 Å². The number of ether oxygens (including phenoxy) is 1. The molecule has 2 aromatic heterocycles. The van der Waals surface area contributed by atoms with Crippen LogP contribution in [-0.4, -0.2) is 46.3 Å². The number of anilines is 1. The van der Waals surface area contributed by atoms with Gasteiger partial charge in [0.1, 0.15) is 22.8 Å². The molecule has 0 bridgehead atoms. The first kappa shape index (κ1) is 20.1. The third-order valence-corrected chi connectivity index (χ3v) is 3.73. The molecule has 142 valence electrons. The van der Waals surface area contributed by atoms with Gasteiger partial charge in [0.15, 0.2) is 11.0 Å². The number of aromatic nitrogens is 3. The van der Waals surface area contributed by atoms with Crippen LogP contribution in [0.2, 0.25) is 5.15 Å². The molecule has 0 spiro atoms. The number of aryl methyl sites for hydroxylation is 1. The summed E-state index contributed by atoms with van der Waals surface area (Å²) in [6.45, 7) is 10.4. The zero-order valence-corrected chi connectivity index (χ0v) is 16.3. The third kappa shape index (κ3) is 4.91. The van der Waals surface area contributed by atoms with Gasteiger partial charge in [-0.05, 0) is 34.6 Å². The number of carbonyl (C=O) groups is 1. The van der Waals surface area contributed by atoms with Gasteiger partial charge in [-0.2, -0.15) is 0 Å². The minimum atomic E-state index is -0.668. The number of nitrogens with one attached hydrogen (secondary N) is 1. The molecule has 1 N–H and O–H groups in total. The monoisotopic (exact) mass is 383 g/mol. The number of hydrogen-bond donors (Lipinski definition) is 1. The normalized spacial score (nSPS) is 11.5. The molecule has 1 amide bonds. The Labute approximate surface area is 156 Å². The molecule has 0 aliphatic carbocycles. The Morgan fingerprint density at radius 3 is 2.69 bits per heavy atom. The highest BCUT2D eigenvalue weighted by atomic mass is 35.5. The molecule has 26 heavy (non-hydrogen) atoms. The fourth-order valence-electron chi connectivity index (χ4n) is 2.39. The number of carbonyl (C=O) groups excluding carboxylic acids is 1. The van der Waals surface area contributed by atoms with Crippen molar-refractivity contribution in [1.29, 1.82) is 0 Å². The van der Waals surface area contributed by atoms with Crippen molar-refractivity contribution >= 4 is 34.4 Å². The summed E-state index contributed by atoms with van der Waals surface area (Å²) in [5.74, 6) is 0.301. The van der Waals surface area contributed by atoms with E-state index in [9.17, 15) is 9.18 Å². The molecule has 0 aromatic carbocycles. The Kier molecular flexibility index (Phi) is 6.17. The Bertz CT molecular complexity index is 810. The molecule has 0 aliphatic rings. The number of nitrogens with zero attached hydrogens (tertiary/aromatic N) is 4. The average Bonchev–Trinajstić information content (AvgIpc) is 2.53. The van der Waals surface area contributed by atoms with Gasteiger partial charge in [-0.3, -0.25) is 0 Å². The number of fused-ring (bicyclic) bond motifs is 1. The fraction of sp³-hybridized carbons (Fsp3) is 0.529. The van der Waals surface area contributed by atoms with Gasteiger partial charge in [-0.25, -0.2) is 24.1 Å². The van der Waals surface area contributed by atoms with Crippen LogP contribution in [0.15, 0.2) is 6.20 Å². The Balaban J connectivity index is 2.20. The van der Waals surface area contributed by atoms with Crippen molar-refractivity contribution in [1.82, 2.24) is 20.3 Å². The maximum atomic E-state index is 14.3. The molecule has 2 rings (SSSR count). The Morgan fingerprint density at radius 2 is 2.08 bits per heavy atom. The van der Waals surface area contributed by atoms with Crippen molar-refractivity contribution in [2.75, 3.05) is 24.5 Å². The predicted octanol–water partition coefficient (Wildman–Crippen LogP) is 3.48. The zero-order chi connectivity index (χ0) is 19.5. The Hall–Kier alpha value is -2.22. The van der Waals surface area contributed by atoms with Crippen LogP contribution in [0.5, 0.6) is 0 Å². The van der Waals surface area contributed by atoms with E-state index in [1.54, 1.807) is 27.7 Å². The van der Waals surface area contributed by atoms with Crippen molar-refractivity contribution in [3.63, 3.8) is 0 Å². The highest BCUT2D eigenvalue weighted by Gasteiger charge is 2.19. The summed E-state index contributed by atoms with van der Waals surface area (Å²) in [7, 11) is 0. The van der Waals surface area contributed by atoms with Crippen LogP contribution in [0.1, 0.15) is 33.5 Å². The minimum Gasteiger partial charge on any atom is -0.444 e. The number of pyridine rings is 1. The molecule has 0 saturated heterocycles. The summed E-state index contributed by atoms with van der Waals surface area (Å²) in [6, 6.07) is 0. The van der Waals surface area contributed by atoms with Crippen LogP contribution in [-0.2, 0) is 4.74 Å². The van der Waals surface area contributed by atoms with Gasteiger partial charge < -0.3 is 15.0 Å². The summed E-state index contributed by atoms with van der Waals surface area (Å²) < 4.78 is 19.5. The maximum Gasteiger partial charge on any atom is 0.407 e. The second-order valence-electron chi connectivity index (χ2n) is 6.73. The quantitative estimate of drug-likeness (QED) is 0.796. The van der Waals surface area contributed by atoms with Crippen LogP contribution in [0.25, 0.3) is 10.9 Å². The van der Waals surface area contributed by atoms with Crippen LogP contribution >= 0.6 is 11.6 Å². The smallest absolute Gasteiger partial charge is 0.407 e. The van der Waals surface area contributed by atoms with Crippen molar-refractivity contribution in [3.05, 3.63) is 23.0 Å². The lowest BCUT2D eigenvalue weighted by molar-refractivity contribution is 0.0529. The van der Waals surface area contributed by atoms with E-state index in [0.717, 1.165) is 0 Å². The molecule has 2 heterocycles. The largest absolute Gasteiger partial charge is 0.444 e. The number of amides is 1. The van der Waals surface area contributed by atoms with E-state index in [0.29, 0.717) is 36.7 Å². The van der Waals surface area contributed by atoms with Crippen LogP contribution in [0.4, 0.5) is 15.0 Å². The first-order valence-electron chi connectivity index (χ1n) is 8.32. The number of alkyl carbamates (subject to hydrolysis) is 1. The van der Waals surface area contributed by atoms with E-state index >= 15 is 0 Å². The van der Waals surface area contributed by atoms with Gasteiger partial charge in [0.2, 0.25) is 0 Å². The molecule has 0 saturated carbocycles. The molecule has 0 atom stereocenters. The van der Waals surface area contributed by atoms with Gasteiger partial charge in [-0.1, -0.05) is 11.6 Å². The molecule has 0 unspecified atom stereocenters. The van der Waals surface area contributed by atoms with Crippen molar-refractivity contribution in [2.24, 2.45) is 0 Å². The van der Waals surface area contributed by atoms with E-state index < -0.39 is 17.5 Å². The molecule has 7 nitrogen and oxygen atoms in total. The van der Waals surface area contributed by atoms with E-state index in [2.05, 4.69) is 20.3 Å². The molecule has 9 heteroatoms. The first-order valence-corrected chi connectivity index (χ1v) is 8.70. The maximum absolute atomic E-state index is 14.3. The van der Waals surface area contributed by atoms with Crippen LogP contribution < -0.4 is 10.2 Å². The van der Waals surface area contributed by atoms with Gasteiger partial charge in [0.05, 0.1) is 5.39 Å². The average molecular weight is 384 g/mol. The van der Waals surface area contributed by atoms with Crippen LogP contribution in [0, 0.1) is 12.7 Å². The topological polar surface area (TPSA) is 80.2 Å². The van der Waals surface area contributed by atoms with Gasteiger partial charge in [0.25, 0.3) is 0 Å². The lowest BCUT2D eigenvalue weighted by atomic mass is 10.2. The highest BCUT2D eigenvalue weighted by molar-refractivity contribution is 6.30. The summed E-state index contributed by atoms with van der Waals surface area (Å²) >= 11 is 5.76. The lowest BCUT2D eigenvalue weighted by Gasteiger charge is -2.24. The van der Waals surface area contributed by atoms with Crippen molar-refractivity contribution in [2.45, 2.75) is 40.2 Å². The number of likely N-dealkylation sites (N-methyl/N-ethyl adjacent to an activating group) is 1. The Morgan fingerprint density at radius 1 is 1.38 bits per heavy atom. The summed E-state index contributed by atoms with van der Waals surface area (Å²) in [4.78, 5) is 26.1. The molecular weight excluding hydrogens is 361 g/mol. The van der Waals surface area contributed by atoms with E-state index in [-0.39, 0.29) is 10.7 Å². The van der Waals surface area contributed by atoms with E-state index in [1.807, 2.05) is 11.8 Å². The fourth-order valence-corrected chi connectivity index (χ4v) is 2.53. The van der Waals surface area contributed by atoms with Crippen molar-refractivity contribution < 1.29 is 13.9 Å². The molecule has 0 aliphatic heterocycles. The van der Waals surface area contributed by atoms with E-state index in [1.165, 1.54) is 6.20 Å². The summed E-state index contributed by atoms with van der Waals surface area (Å²) in [6.07, 6.45) is 0.969. The van der Waals surface area contributed by atoms with Crippen LogP contribution in [0.3, 0.4) is 0 Å². The second-order valence-corrected chi connectivity index (χ2v) is 7.09. The highest BCUT2D eigenvalue weighted by Crippen LogP contribution is 2.27. The standard InChI is InChI=1S/C17H23ClFN5O2/c1-6-24(8-7-20-16(25)26-17(3,4)5)15-11-9-21-14(18)12(19)13(11)22-10(2)23-15/h9H,6-8H2,1-5H3,(H,20,25). The van der Waals surface area contributed by atoms with Crippen molar-refractivity contribution in [3.8, 4) is 0 Å². The summed E-state index contributed by atoms with van der Waals surface area (Å²) in [5, 5.41) is 2.94. The predicted molar refractivity (Wildman–Crippen MR) is 99.2 cm³/mol. The van der Waals surface area contributed by atoms with E-state index in [4.69, 9.17) is 16.3 Å². The lowest BCUT2D eigenvalue weighted by Crippen LogP contribution is -2.38. The molecule has 0 radical (unpaired) electrons. The second kappa shape index (κ2) is 7.99. The van der Waals surface area contributed by atoms with Gasteiger partial charge in [-0.15, -0.1) is 0 Å². The number of halogens is 2. The third-order valence-electron chi connectivity index (χ3n) is 3.46. The number of rotatable bonds is 5. The molecule has 0 fully saturated rings. The minimum absolute atomic E-state index is 0.131. The first-order chi connectivity index (χ1) is 12.1. The number of hydrogen-bond acceptors (Lipinski definition) is 6. The molecule has 2 aromatic rings.